The molecule has 0 heterocycles. The molecule has 0 atom stereocenters. The third kappa shape index (κ3) is 5.87. The molecule has 162 valence electrons. The Bertz CT molecular complexity index is 895. The molecular weight excluding hydrogens is 491 g/mol. The molecule has 0 saturated heterocycles. The van der Waals surface area contributed by atoms with Gasteiger partial charge in [0.25, 0.3) is 5.91 Å². The highest BCUT2D eigenvalue weighted by atomic mass is 127. The number of aryl methyl sites for hydroxylation is 1. The van der Waals surface area contributed by atoms with Crippen molar-refractivity contribution in [3.05, 3.63) is 64.2 Å². The number of phenolic OH excluding ortho intramolecular Hbond substituents is 1. The molecule has 0 aliphatic heterocycles. The summed E-state index contributed by atoms with van der Waals surface area (Å²) in [5.41, 5.74) is 5.33. The number of benzene rings is 2. The second kappa shape index (κ2) is 11.2. The van der Waals surface area contributed by atoms with Crippen LogP contribution in [0.15, 0.2) is 41.4 Å². The maximum Gasteiger partial charge on any atom is 0.253 e. The average Bonchev–Trinajstić information content (AvgIpc) is 2.74. The number of aromatic hydroxyl groups is 1. The van der Waals surface area contributed by atoms with Gasteiger partial charge in [0.05, 0.1) is 0 Å². The molecule has 0 fully saturated rings. The Kier molecular flexibility index (Phi) is 8.95. The standard InChI is InChI=1S/C23H30N4O2.HI/c1-24-23(25-14-16-8-10-18(11-9-16)22(29)27(2)3)26-15-20-19-7-5-4-6-17(19)12-13-21(20)28;/h8-13,28H,4-7,14-15H2,1-3H3,(H2,24,25,26);1H. The number of guanidine groups is 1. The Hall–Kier alpha value is -2.29. The van der Waals surface area contributed by atoms with Crippen LogP contribution in [0.1, 0.15) is 45.5 Å². The number of nitrogens with zero attached hydrogens (tertiary/aromatic N) is 2. The largest absolute Gasteiger partial charge is 0.508 e. The van der Waals surface area contributed by atoms with Crippen molar-refractivity contribution in [3.8, 4) is 5.75 Å². The van der Waals surface area contributed by atoms with Gasteiger partial charge in [-0.05, 0) is 60.6 Å². The molecule has 0 radical (unpaired) electrons. The fraction of sp³-hybridized carbons (Fsp3) is 0.391. The van der Waals surface area contributed by atoms with Crippen LogP contribution in [-0.2, 0) is 25.9 Å². The van der Waals surface area contributed by atoms with Gasteiger partial charge < -0.3 is 20.6 Å². The molecule has 2 aromatic rings. The summed E-state index contributed by atoms with van der Waals surface area (Å²) < 4.78 is 0. The highest BCUT2D eigenvalue weighted by Gasteiger charge is 2.16. The van der Waals surface area contributed by atoms with Crippen molar-refractivity contribution >= 4 is 35.8 Å². The van der Waals surface area contributed by atoms with Crippen LogP contribution in [0.2, 0.25) is 0 Å². The van der Waals surface area contributed by atoms with Crippen molar-refractivity contribution in [1.29, 1.82) is 0 Å². The summed E-state index contributed by atoms with van der Waals surface area (Å²) in [7, 11) is 5.22. The normalized spacial score (nSPS) is 13.1. The van der Waals surface area contributed by atoms with E-state index in [2.05, 4.69) is 15.6 Å². The predicted octanol–water partition coefficient (Wildman–Crippen LogP) is 3.46. The van der Waals surface area contributed by atoms with Gasteiger partial charge in [-0.2, -0.15) is 0 Å². The van der Waals surface area contributed by atoms with Crippen LogP contribution < -0.4 is 10.6 Å². The van der Waals surface area contributed by atoms with E-state index >= 15 is 0 Å². The van der Waals surface area contributed by atoms with Crippen molar-refractivity contribution in [2.75, 3.05) is 21.1 Å². The molecule has 3 N–H and O–H groups in total. The molecule has 0 unspecified atom stereocenters. The second-order valence-electron chi connectivity index (χ2n) is 7.58. The zero-order valence-electron chi connectivity index (χ0n) is 17.9. The number of halogens is 1. The Balaban J connectivity index is 0.00000320. The Morgan fingerprint density at radius 1 is 1.03 bits per heavy atom. The fourth-order valence-corrected chi connectivity index (χ4v) is 3.69. The van der Waals surface area contributed by atoms with E-state index in [4.69, 9.17) is 0 Å². The van der Waals surface area contributed by atoms with E-state index in [9.17, 15) is 9.90 Å². The summed E-state index contributed by atoms with van der Waals surface area (Å²) in [6.07, 6.45) is 4.49. The predicted molar refractivity (Wildman–Crippen MR) is 132 cm³/mol. The van der Waals surface area contributed by atoms with E-state index < -0.39 is 0 Å². The van der Waals surface area contributed by atoms with Crippen LogP contribution >= 0.6 is 24.0 Å². The van der Waals surface area contributed by atoms with Crippen LogP contribution in [-0.4, -0.2) is 43.0 Å². The molecule has 3 rings (SSSR count). The van der Waals surface area contributed by atoms with Gasteiger partial charge >= 0.3 is 0 Å². The molecule has 0 aromatic heterocycles. The van der Waals surface area contributed by atoms with Gasteiger partial charge in [0.15, 0.2) is 5.96 Å². The highest BCUT2D eigenvalue weighted by molar-refractivity contribution is 14.0. The fourth-order valence-electron chi connectivity index (χ4n) is 3.69. The molecule has 2 aromatic carbocycles. The van der Waals surface area contributed by atoms with E-state index in [-0.39, 0.29) is 29.9 Å². The van der Waals surface area contributed by atoms with Gasteiger partial charge in [-0.1, -0.05) is 18.2 Å². The third-order valence-electron chi connectivity index (χ3n) is 5.35. The number of aliphatic imine (C=N–C) groups is 1. The second-order valence-corrected chi connectivity index (χ2v) is 7.58. The quantitative estimate of drug-likeness (QED) is 0.320. The summed E-state index contributed by atoms with van der Waals surface area (Å²) in [5.74, 6) is 1.01. The molecular formula is C23H31IN4O2. The summed E-state index contributed by atoms with van der Waals surface area (Å²) in [4.78, 5) is 17.8. The Morgan fingerprint density at radius 3 is 2.37 bits per heavy atom. The van der Waals surface area contributed by atoms with Gasteiger partial charge in [0, 0.05) is 45.4 Å². The minimum Gasteiger partial charge on any atom is -0.508 e. The minimum atomic E-state index is -0.00649. The SMILES string of the molecule is CN=C(NCc1ccc(C(=O)N(C)C)cc1)NCc1c(O)ccc2c1CCCC2.I. The lowest BCUT2D eigenvalue weighted by Crippen LogP contribution is -2.36. The van der Waals surface area contributed by atoms with E-state index in [1.54, 1.807) is 32.1 Å². The van der Waals surface area contributed by atoms with Crippen molar-refractivity contribution in [3.63, 3.8) is 0 Å². The Morgan fingerprint density at radius 2 is 1.70 bits per heavy atom. The molecule has 0 spiro atoms. The molecule has 0 saturated carbocycles. The summed E-state index contributed by atoms with van der Waals surface area (Å²) in [6, 6.07) is 11.4. The number of rotatable bonds is 5. The molecule has 7 heteroatoms. The number of carbonyl (C=O) groups excluding carboxylic acids is 1. The van der Waals surface area contributed by atoms with Crippen LogP contribution in [0.5, 0.6) is 5.75 Å². The van der Waals surface area contributed by atoms with Gasteiger partial charge in [0.1, 0.15) is 5.75 Å². The summed E-state index contributed by atoms with van der Waals surface area (Å²) >= 11 is 0. The number of fused-ring (bicyclic) bond motifs is 1. The number of hydrogen-bond acceptors (Lipinski definition) is 3. The number of amides is 1. The highest BCUT2D eigenvalue weighted by Crippen LogP contribution is 2.30. The third-order valence-corrected chi connectivity index (χ3v) is 5.35. The smallest absolute Gasteiger partial charge is 0.253 e. The number of nitrogens with one attached hydrogen (secondary N) is 2. The summed E-state index contributed by atoms with van der Waals surface area (Å²) in [6.45, 7) is 1.12. The lowest BCUT2D eigenvalue weighted by Gasteiger charge is -2.21. The molecule has 1 amide bonds. The van der Waals surface area contributed by atoms with Crippen LogP contribution in [0.25, 0.3) is 0 Å². The van der Waals surface area contributed by atoms with E-state index in [1.165, 1.54) is 24.0 Å². The van der Waals surface area contributed by atoms with E-state index in [0.717, 1.165) is 24.0 Å². The summed E-state index contributed by atoms with van der Waals surface area (Å²) in [5, 5.41) is 16.9. The first kappa shape index (κ1) is 24.0. The maximum absolute atomic E-state index is 12.0. The van der Waals surface area contributed by atoms with E-state index in [1.807, 2.05) is 30.3 Å². The average molecular weight is 522 g/mol. The molecule has 30 heavy (non-hydrogen) atoms. The zero-order chi connectivity index (χ0) is 20.8. The first-order chi connectivity index (χ1) is 14.0. The zero-order valence-corrected chi connectivity index (χ0v) is 20.2. The van der Waals surface area contributed by atoms with Gasteiger partial charge in [-0.3, -0.25) is 9.79 Å². The first-order valence-electron chi connectivity index (χ1n) is 10.1. The lowest BCUT2D eigenvalue weighted by atomic mass is 9.88. The molecule has 1 aliphatic rings. The number of phenols is 1. The van der Waals surface area contributed by atoms with E-state index in [0.29, 0.717) is 30.4 Å². The maximum atomic E-state index is 12.0. The lowest BCUT2D eigenvalue weighted by molar-refractivity contribution is 0.0827. The van der Waals surface area contributed by atoms with Crippen molar-refractivity contribution in [2.45, 2.75) is 38.8 Å². The molecule has 0 bridgehead atoms. The van der Waals surface area contributed by atoms with Crippen molar-refractivity contribution in [2.24, 2.45) is 4.99 Å². The first-order valence-corrected chi connectivity index (χ1v) is 10.1. The van der Waals surface area contributed by atoms with Crippen LogP contribution in [0.4, 0.5) is 0 Å². The number of carbonyl (C=O) groups is 1. The van der Waals surface area contributed by atoms with Gasteiger partial charge in [0.2, 0.25) is 0 Å². The van der Waals surface area contributed by atoms with Gasteiger partial charge in [-0.15, -0.1) is 24.0 Å². The van der Waals surface area contributed by atoms with Crippen molar-refractivity contribution < 1.29 is 9.90 Å². The monoisotopic (exact) mass is 522 g/mol. The molecule has 1 aliphatic carbocycles. The molecule has 6 nitrogen and oxygen atoms in total. The topological polar surface area (TPSA) is 77.0 Å². The van der Waals surface area contributed by atoms with Crippen LogP contribution in [0, 0.1) is 0 Å². The number of hydrogen-bond donors (Lipinski definition) is 3. The van der Waals surface area contributed by atoms with Crippen LogP contribution in [0.3, 0.4) is 0 Å². The van der Waals surface area contributed by atoms with Crippen molar-refractivity contribution in [1.82, 2.24) is 15.5 Å². The Labute approximate surface area is 195 Å². The minimum absolute atomic E-state index is 0. The van der Waals surface area contributed by atoms with Gasteiger partial charge in [-0.25, -0.2) is 0 Å².